The van der Waals surface area contributed by atoms with E-state index >= 15 is 0 Å². The predicted octanol–water partition coefficient (Wildman–Crippen LogP) is 2.52. The summed E-state index contributed by atoms with van der Waals surface area (Å²) in [5.41, 5.74) is 1.01. The molecule has 0 saturated heterocycles. The number of aromatic nitrogens is 3. The summed E-state index contributed by atoms with van der Waals surface area (Å²) in [5.74, 6) is 0.320. The molecule has 0 unspecified atom stereocenters. The number of nitrogens with one attached hydrogen (secondary N) is 1. The molecule has 4 nitrogen and oxygen atoms in total. The molecule has 2 aromatic heterocycles. The molecule has 0 amide bonds. The number of nitrogens with zero attached hydrogens (tertiary/aromatic N) is 3. The number of halogens is 2. The molecule has 0 aliphatic heterocycles. The van der Waals surface area contributed by atoms with Crippen molar-refractivity contribution in [3.8, 4) is 0 Å². The number of hydrogen-bond acceptors (Lipinski definition) is 3. The van der Waals surface area contributed by atoms with Crippen LogP contribution in [-0.4, -0.2) is 14.5 Å². The molecule has 0 aromatic carbocycles. The zero-order valence-corrected chi connectivity index (χ0v) is 9.92. The average Bonchev–Trinajstić information content (AvgIpc) is 2.85. The minimum absolute atomic E-state index is 0.0292. The van der Waals surface area contributed by atoms with Gasteiger partial charge in [0, 0.05) is 30.8 Å². The Kier molecular flexibility index (Phi) is 3.99. The number of alkyl halides is 2. The lowest BCUT2D eigenvalue weighted by Gasteiger charge is -2.14. The lowest BCUT2D eigenvalue weighted by molar-refractivity contribution is 0.0665. The zero-order valence-electron chi connectivity index (χ0n) is 9.92. The zero-order chi connectivity index (χ0) is 13.0. The van der Waals surface area contributed by atoms with Crippen LogP contribution in [-0.2, 0) is 6.54 Å². The Morgan fingerprint density at radius 3 is 2.89 bits per heavy atom. The van der Waals surface area contributed by atoms with Gasteiger partial charge in [-0.15, -0.1) is 0 Å². The molecular weight excluding hydrogens is 238 g/mol. The second-order valence-corrected chi connectivity index (χ2v) is 3.92. The van der Waals surface area contributed by atoms with Crippen LogP contribution in [0.3, 0.4) is 0 Å². The Morgan fingerprint density at radius 2 is 2.22 bits per heavy atom. The third-order valence-corrected chi connectivity index (χ3v) is 2.71. The predicted molar refractivity (Wildman–Crippen MR) is 63.0 cm³/mol. The van der Waals surface area contributed by atoms with Crippen molar-refractivity contribution >= 4 is 0 Å². The van der Waals surface area contributed by atoms with Gasteiger partial charge in [0.2, 0.25) is 0 Å². The highest BCUT2D eigenvalue weighted by Crippen LogP contribution is 2.14. The molecular formula is C12H14F2N4. The van der Waals surface area contributed by atoms with Crippen molar-refractivity contribution in [3.05, 3.63) is 48.3 Å². The van der Waals surface area contributed by atoms with Crippen LogP contribution >= 0.6 is 0 Å². The topological polar surface area (TPSA) is 42.7 Å². The molecule has 0 fully saturated rings. The summed E-state index contributed by atoms with van der Waals surface area (Å²) in [6, 6.07) is 3.80. The molecule has 96 valence electrons. The van der Waals surface area contributed by atoms with Gasteiger partial charge in [-0.05, 0) is 18.6 Å². The monoisotopic (exact) mass is 252 g/mol. The molecule has 0 aliphatic rings. The molecule has 0 spiro atoms. The smallest absolute Gasteiger partial charge is 0.303 e. The molecule has 0 saturated carbocycles. The normalized spacial score (nSPS) is 12.9. The van der Waals surface area contributed by atoms with Crippen LogP contribution in [0.1, 0.15) is 30.9 Å². The maximum atomic E-state index is 12.6. The minimum atomic E-state index is -2.56. The highest BCUT2D eigenvalue weighted by atomic mass is 19.3. The van der Waals surface area contributed by atoms with Gasteiger partial charge in [-0.1, -0.05) is 6.07 Å². The van der Waals surface area contributed by atoms with Crippen molar-refractivity contribution in [2.75, 3.05) is 0 Å². The van der Waals surface area contributed by atoms with E-state index in [1.807, 2.05) is 19.1 Å². The van der Waals surface area contributed by atoms with E-state index in [-0.39, 0.29) is 12.6 Å². The third-order valence-electron chi connectivity index (χ3n) is 2.71. The molecule has 2 aromatic rings. The van der Waals surface area contributed by atoms with E-state index in [0.717, 1.165) is 10.1 Å². The standard InChI is InChI=1S/C12H14F2N4/c1-9(10-3-2-4-15-7-10)17-8-11-16-5-6-18(11)12(13)14/h2-7,9,12,17H,8H2,1H3/t9-/m0/s1. The van der Waals surface area contributed by atoms with Crippen LogP contribution in [0.25, 0.3) is 0 Å². The molecule has 0 radical (unpaired) electrons. The van der Waals surface area contributed by atoms with E-state index in [9.17, 15) is 8.78 Å². The highest BCUT2D eigenvalue weighted by Gasteiger charge is 2.12. The number of hydrogen-bond donors (Lipinski definition) is 1. The maximum absolute atomic E-state index is 12.6. The van der Waals surface area contributed by atoms with Gasteiger partial charge in [-0.3, -0.25) is 9.55 Å². The minimum Gasteiger partial charge on any atom is -0.303 e. The second-order valence-electron chi connectivity index (χ2n) is 3.92. The Bertz CT molecular complexity index is 484. The van der Waals surface area contributed by atoms with Crippen molar-refractivity contribution in [2.24, 2.45) is 0 Å². The van der Waals surface area contributed by atoms with Gasteiger partial charge in [0.05, 0.1) is 6.54 Å². The molecule has 1 atom stereocenters. The Hall–Kier alpha value is -1.82. The fourth-order valence-corrected chi connectivity index (χ4v) is 1.65. The first-order chi connectivity index (χ1) is 8.68. The number of rotatable bonds is 5. The first kappa shape index (κ1) is 12.6. The quantitative estimate of drug-likeness (QED) is 0.889. The van der Waals surface area contributed by atoms with E-state index in [1.165, 1.54) is 12.4 Å². The first-order valence-corrected chi connectivity index (χ1v) is 5.61. The van der Waals surface area contributed by atoms with Crippen LogP contribution in [0.4, 0.5) is 8.78 Å². The fraction of sp³-hybridized carbons (Fsp3) is 0.333. The number of imidazole rings is 1. The summed E-state index contributed by atoms with van der Waals surface area (Å²) in [7, 11) is 0. The van der Waals surface area contributed by atoms with Crippen molar-refractivity contribution in [2.45, 2.75) is 26.1 Å². The van der Waals surface area contributed by atoms with Crippen molar-refractivity contribution < 1.29 is 8.78 Å². The summed E-state index contributed by atoms with van der Waals surface area (Å²) >= 11 is 0. The van der Waals surface area contributed by atoms with E-state index in [1.54, 1.807) is 12.4 Å². The summed E-state index contributed by atoms with van der Waals surface area (Å²) < 4.78 is 26.0. The van der Waals surface area contributed by atoms with Gasteiger partial charge in [-0.25, -0.2) is 4.98 Å². The molecule has 6 heteroatoms. The van der Waals surface area contributed by atoms with Gasteiger partial charge in [0.15, 0.2) is 0 Å². The molecule has 2 heterocycles. The lowest BCUT2D eigenvalue weighted by Crippen LogP contribution is -2.21. The molecule has 0 bridgehead atoms. The van der Waals surface area contributed by atoms with Gasteiger partial charge < -0.3 is 5.32 Å². The molecule has 0 aliphatic carbocycles. The Labute approximate surface area is 104 Å². The van der Waals surface area contributed by atoms with Crippen molar-refractivity contribution in [1.29, 1.82) is 0 Å². The third kappa shape index (κ3) is 2.89. The lowest BCUT2D eigenvalue weighted by atomic mass is 10.1. The van der Waals surface area contributed by atoms with Gasteiger partial charge >= 0.3 is 6.55 Å². The molecule has 18 heavy (non-hydrogen) atoms. The fourth-order valence-electron chi connectivity index (χ4n) is 1.65. The molecule has 2 rings (SSSR count). The van der Waals surface area contributed by atoms with Crippen LogP contribution in [0.5, 0.6) is 0 Å². The SMILES string of the molecule is C[C@H](NCc1nccn1C(F)F)c1cccnc1. The summed E-state index contributed by atoms with van der Waals surface area (Å²) in [6.07, 6.45) is 6.09. The van der Waals surface area contributed by atoms with E-state index < -0.39 is 6.55 Å². The van der Waals surface area contributed by atoms with Gasteiger partial charge in [0.1, 0.15) is 5.82 Å². The van der Waals surface area contributed by atoms with E-state index in [4.69, 9.17) is 0 Å². The van der Waals surface area contributed by atoms with Crippen molar-refractivity contribution in [3.63, 3.8) is 0 Å². The average molecular weight is 252 g/mol. The van der Waals surface area contributed by atoms with Crippen LogP contribution in [0.2, 0.25) is 0 Å². The highest BCUT2D eigenvalue weighted by molar-refractivity contribution is 5.12. The summed E-state index contributed by atoms with van der Waals surface area (Å²) in [4.78, 5) is 7.92. The second kappa shape index (κ2) is 5.68. The van der Waals surface area contributed by atoms with Gasteiger partial charge in [0.25, 0.3) is 0 Å². The van der Waals surface area contributed by atoms with E-state index in [2.05, 4.69) is 15.3 Å². The van der Waals surface area contributed by atoms with Crippen molar-refractivity contribution in [1.82, 2.24) is 19.9 Å². The van der Waals surface area contributed by atoms with E-state index in [0.29, 0.717) is 5.82 Å². The van der Waals surface area contributed by atoms with Gasteiger partial charge in [-0.2, -0.15) is 8.78 Å². The summed E-state index contributed by atoms with van der Waals surface area (Å²) in [6.45, 7) is -0.321. The Balaban J connectivity index is 1.97. The van der Waals surface area contributed by atoms with Crippen LogP contribution in [0.15, 0.2) is 36.9 Å². The Morgan fingerprint density at radius 1 is 1.39 bits per heavy atom. The van der Waals surface area contributed by atoms with Crippen LogP contribution < -0.4 is 5.32 Å². The van der Waals surface area contributed by atoms with Crippen LogP contribution in [0, 0.1) is 0 Å². The summed E-state index contributed by atoms with van der Waals surface area (Å²) in [5, 5.41) is 3.14. The largest absolute Gasteiger partial charge is 0.319 e. The molecule has 1 N–H and O–H groups in total. The first-order valence-electron chi connectivity index (χ1n) is 5.61. The maximum Gasteiger partial charge on any atom is 0.319 e. The number of pyridine rings is 1.